The fourth-order valence-corrected chi connectivity index (χ4v) is 4.48. The first-order valence-electron chi connectivity index (χ1n) is 7.80. The van der Waals surface area contributed by atoms with Gasteiger partial charge >= 0.3 is 6.18 Å². The van der Waals surface area contributed by atoms with E-state index in [0.717, 1.165) is 17.7 Å². The van der Waals surface area contributed by atoms with Gasteiger partial charge in [-0.05, 0) is 23.3 Å². The lowest BCUT2D eigenvalue weighted by molar-refractivity contribution is -0.137. The van der Waals surface area contributed by atoms with Gasteiger partial charge in [-0.1, -0.05) is 65.9 Å². The minimum absolute atomic E-state index is 0.142. The number of hydrogen-bond donors (Lipinski definition) is 0. The molecule has 2 atom stereocenters. The zero-order chi connectivity index (χ0) is 18.4. The molecule has 0 bridgehead atoms. The number of fused-ring (bicyclic) bond motifs is 1. The zero-order valence-electron chi connectivity index (χ0n) is 13.8. The summed E-state index contributed by atoms with van der Waals surface area (Å²) in [6.45, 7) is 2.01. The fraction of sp³-hybridized carbons (Fsp3) is 0.316. The number of halogens is 4. The molecule has 1 amide bonds. The van der Waals surface area contributed by atoms with E-state index >= 15 is 0 Å². The van der Waals surface area contributed by atoms with Crippen molar-refractivity contribution in [2.24, 2.45) is 0 Å². The number of benzene rings is 2. The van der Waals surface area contributed by atoms with Gasteiger partial charge in [-0.3, -0.25) is 4.79 Å². The Morgan fingerprint density at radius 1 is 1.16 bits per heavy atom. The van der Waals surface area contributed by atoms with Gasteiger partial charge in [0.2, 0.25) is 0 Å². The van der Waals surface area contributed by atoms with E-state index in [1.54, 1.807) is 11.9 Å². The Morgan fingerprint density at radius 2 is 1.80 bits per heavy atom. The minimum atomic E-state index is -4.47. The lowest BCUT2D eigenvalue weighted by atomic mass is 9.69. The SMILES string of the molecule is CN1C(=O)c2cc(C(F)(F)F)ccc2[C@](C)(CI)[C@H]1c1ccccc1. The Balaban J connectivity index is 2.22. The molecule has 0 aromatic heterocycles. The third-order valence-corrected chi connectivity index (χ3v) is 6.48. The van der Waals surface area contributed by atoms with Crippen LogP contribution in [-0.2, 0) is 11.6 Å². The molecule has 0 N–H and O–H groups in total. The Labute approximate surface area is 158 Å². The minimum Gasteiger partial charge on any atom is -0.334 e. The molecule has 0 aliphatic carbocycles. The highest BCUT2D eigenvalue weighted by atomic mass is 127. The highest BCUT2D eigenvalue weighted by Crippen LogP contribution is 2.48. The largest absolute Gasteiger partial charge is 0.416 e. The van der Waals surface area contributed by atoms with E-state index in [0.29, 0.717) is 9.99 Å². The van der Waals surface area contributed by atoms with E-state index in [1.165, 1.54) is 6.07 Å². The van der Waals surface area contributed by atoms with Crippen LogP contribution in [0.2, 0.25) is 0 Å². The topological polar surface area (TPSA) is 20.3 Å². The highest BCUT2D eigenvalue weighted by molar-refractivity contribution is 14.1. The lowest BCUT2D eigenvalue weighted by Crippen LogP contribution is -2.50. The van der Waals surface area contributed by atoms with Gasteiger partial charge in [0.05, 0.1) is 11.6 Å². The van der Waals surface area contributed by atoms with E-state index in [2.05, 4.69) is 22.6 Å². The van der Waals surface area contributed by atoms with Crippen LogP contribution in [0.3, 0.4) is 0 Å². The van der Waals surface area contributed by atoms with Crippen molar-refractivity contribution in [3.63, 3.8) is 0 Å². The van der Waals surface area contributed by atoms with Crippen molar-refractivity contribution in [2.45, 2.75) is 24.6 Å². The molecule has 6 heteroatoms. The molecule has 2 aromatic rings. The normalized spacial score (nSPS) is 23.5. The molecule has 0 radical (unpaired) electrons. The van der Waals surface area contributed by atoms with Crippen LogP contribution in [0.15, 0.2) is 48.5 Å². The van der Waals surface area contributed by atoms with E-state index < -0.39 is 17.2 Å². The van der Waals surface area contributed by atoms with Crippen LogP contribution >= 0.6 is 22.6 Å². The van der Waals surface area contributed by atoms with Crippen molar-refractivity contribution in [1.29, 1.82) is 0 Å². The average molecular weight is 459 g/mol. The van der Waals surface area contributed by atoms with Gasteiger partial charge in [-0.25, -0.2) is 0 Å². The third kappa shape index (κ3) is 2.94. The van der Waals surface area contributed by atoms with Gasteiger partial charge in [-0.15, -0.1) is 0 Å². The molecule has 1 aliphatic rings. The maximum absolute atomic E-state index is 13.1. The standard InChI is InChI=1S/C19H17F3INO/c1-18(11-23)15-9-8-13(19(20,21)22)10-14(15)17(25)24(2)16(18)12-6-4-3-5-7-12/h3-10,16H,11H2,1-2H3/t16-,18+/m1/s1. The van der Waals surface area contributed by atoms with Crippen LogP contribution in [0.4, 0.5) is 13.2 Å². The quantitative estimate of drug-likeness (QED) is 0.445. The van der Waals surface area contributed by atoms with Crippen molar-refractivity contribution in [3.8, 4) is 0 Å². The van der Waals surface area contributed by atoms with Gasteiger partial charge < -0.3 is 4.90 Å². The summed E-state index contributed by atoms with van der Waals surface area (Å²) in [5, 5.41) is 0. The number of likely N-dealkylation sites (N-methyl/N-ethyl adjacent to an activating group) is 1. The summed E-state index contributed by atoms with van der Waals surface area (Å²) in [5.74, 6) is -0.378. The second-order valence-corrected chi connectivity index (χ2v) is 7.30. The summed E-state index contributed by atoms with van der Waals surface area (Å²) < 4.78 is 39.9. The lowest BCUT2D eigenvalue weighted by Gasteiger charge is -2.47. The van der Waals surface area contributed by atoms with Crippen molar-refractivity contribution >= 4 is 28.5 Å². The van der Waals surface area contributed by atoms with Crippen molar-refractivity contribution < 1.29 is 18.0 Å². The van der Waals surface area contributed by atoms with Crippen molar-refractivity contribution in [1.82, 2.24) is 4.90 Å². The summed E-state index contributed by atoms with van der Waals surface area (Å²) >= 11 is 2.24. The molecule has 0 saturated heterocycles. The smallest absolute Gasteiger partial charge is 0.334 e. The van der Waals surface area contributed by atoms with Crippen LogP contribution in [0.5, 0.6) is 0 Å². The van der Waals surface area contributed by atoms with Gasteiger partial charge in [-0.2, -0.15) is 13.2 Å². The highest BCUT2D eigenvalue weighted by Gasteiger charge is 2.47. The Bertz CT molecular complexity index is 806. The van der Waals surface area contributed by atoms with E-state index in [1.807, 2.05) is 37.3 Å². The first-order valence-corrected chi connectivity index (χ1v) is 9.32. The number of carbonyl (C=O) groups is 1. The maximum Gasteiger partial charge on any atom is 0.416 e. The first kappa shape index (κ1) is 18.2. The molecule has 132 valence electrons. The number of hydrogen-bond acceptors (Lipinski definition) is 1. The number of amides is 1. The molecule has 1 heterocycles. The third-order valence-electron chi connectivity index (χ3n) is 4.90. The molecule has 3 rings (SSSR count). The van der Waals surface area contributed by atoms with Crippen molar-refractivity contribution in [2.75, 3.05) is 11.5 Å². The monoisotopic (exact) mass is 459 g/mol. The second kappa shape index (κ2) is 6.30. The maximum atomic E-state index is 13.1. The zero-order valence-corrected chi connectivity index (χ0v) is 15.9. The molecular formula is C19H17F3INO. The Hall–Kier alpha value is -1.57. The van der Waals surface area contributed by atoms with E-state index in [4.69, 9.17) is 0 Å². The van der Waals surface area contributed by atoms with Crippen LogP contribution in [0.1, 0.15) is 40.0 Å². The summed E-state index contributed by atoms with van der Waals surface area (Å²) in [7, 11) is 1.66. The van der Waals surface area contributed by atoms with Crippen LogP contribution in [0.25, 0.3) is 0 Å². The second-order valence-electron chi connectivity index (χ2n) is 6.54. The molecule has 0 fully saturated rings. The number of rotatable bonds is 2. The van der Waals surface area contributed by atoms with E-state index in [-0.39, 0.29) is 17.5 Å². The number of alkyl halides is 4. The summed E-state index contributed by atoms with van der Waals surface area (Å²) in [6, 6.07) is 12.9. The number of carbonyl (C=O) groups excluding carboxylic acids is 1. The predicted octanol–water partition coefficient (Wildman–Crippen LogP) is 5.23. The molecule has 25 heavy (non-hydrogen) atoms. The Kier molecular flexibility index (Phi) is 4.59. The molecule has 1 aliphatic heterocycles. The summed E-state index contributed by atoms with van der Waals surface area (Å²) in [5.41, 5.74) is 0.518. The summed E-state index contributed by atoms with van der Waals surface area (Å²) in [4.78, 5) is 14.4. The van der Waals surface area contributed by atoms with Crippen LogP contribution < -0.4 is 0 Å². The first-order chi connectivity index (χ1) is 11.7. The van der Waals surface area contributed by atoms with E-state index in [9.17, 15) is 18.0 Å². The van der Waals surface area contributed by atoms with Gasteiger partial charge in [0.25, 0.3) is 5.91 Å². The average Bonchev–Trinajstić information content (AvgIpc) is 2.59. The molecular weight excluding hydrogens is 442 g/mol. The number of nitrogens with zero attached hydrogens (tertiary/aromatic N) is 1. The van der Waals surface area contributed by atoms with Gasteiger partial charge in [0.15, 0.2) is 0 Å². The molecule has 0 saturated carbocycles. The van der Waals surface area contributed by atoms with Gasteiger partial charge in [0.1, 0.15) is 0 Å². The fourth-order valence-electron chi connectivity index (χ4n) is 3.65. The molecule has 2 nitrogen and oxygen atoms in total. The molecule has 2 aromatic carbocycles. The van der Waals surface area contributed by atoms with Crippen LogP contribution in [-0.4, -0.2) is 22.3 Å². The summed E-state index contributed by atoms with van der Waals surface area (Å²) in [6.07, 6.45) is -4.47. The molecule has 0 spiro atoms. The predicted molar refractivity (Wildman–Crippen MR) is 99.0 cm³/mol. The van der Waals surface area contributed by atoms with Crippen LogP contribution in [0, 0.1) is 0 Å². The molecule has 0 unspecified atom stereocenters. The van der Waals surface area contributed by atoms with Gasteiger partial charge in [0, 0.05) is 22.5 Å². The van der Waals surface area contributed by atoms with Crippen molar-refractivity contribution in [3.05, 3.63) is 70.8 Å². The Morgan fingerprint density at radius 3 is 2.36 bits per heavy atom.